The van der Waals surface area contributed by atoms with Crippen molar-refractivity contribution in [2.45, 2.75) is 19.9 Å². The summed E-state index contributed by atoms with van der Waals surface area (Å²) < 4.78 is 44.1. The fraction of sp³-hybridized carbons (Fsp3) is 0.308. The third-order valence-corrected chi connectivity index (χ3v) is 7.28. The standard InChI is InChI=1S/C26H32N4O7S/c1-16(2)27-26(32)20(28-25(31)17-13-22(35-5)24(37-7)23(14-17)36-6)12-18-15-30(38(33,34)29(3)4)21-11-9-8-10-19(18)21/h8-16H,1-7H3,(H,27,32)(H,28,31)/b20-12-. The first-order chi connectivity index (χ1) is 17.9. The molecule has 0 aliphatic rings. The van der Waals surface area contributed by atoms with Crippen molar-refractivity contribution in [2.75, 3.05) is 35.4 Å². The molecule has 0 atom stereocenters. The van der Waals surface area contributed by atoms with Crippen molar-refractivity contribution in [2.24, 2.45) is 0 Å². The van der Waals surface area contributed by atoms with Crippen LogP contribution in [-0.4, -0.2) is 70.0 Å². The Morgan fingerprint density at radius 1 is 1.00 bits per heavy atom. The van der Waals surface area contributed by atoms with E-state index in [4.69, 9.17) is 14.2 Å². The molecular formula is C26H32N4O7S. The van der Waals surface area contributed by atoms with Gasteiger partial charge in [0.15, 0.2) is 11.5 Å². The number of carbonyl (C=O) groups excluding carboxylic acids is 2. The lowest BCUT2D eigenvalue weighted by Crippen LogP contribution is -2.38. The van der Waals surface area contributed by atoms with Gasteiger partial charge in [0, 0.05) is 42.8 Å². The number of hydrogen-bond acceptors (Lipinski definition) is 7. The van der Waals surface area contributed by atoms with E-state index in [0.717, 1.165) is 8.28 Å². The monoisotopic (exact) mass is 544 g/mol. The summed E-state index contributed by atoms with van der Waals surface area (Å²) in [5, 5.41) is 5.99. The predicted molar refractivity (Wildman–Crippen MR) is 145 cm³/mol. The van der Waals surface area contributed by atoms with Gasteiger partial charge >= 0.3 is 10.2 Å². The number of para-hydroxylation sites is 1. The molecule has 0 spiro atoms. The summed E-state index contributed by atoms with van der Waals surface area (Å²) in [6, 6.07) is 9.58. The van der Waals surface area contributed by atoms with Gasteiger partial charge in [-0.15, -0.1) is 0 Å². The fourth-order valence-corrected chi connectivity index (χ4v) is 4.72. The lowest BCUT2D eigenvalue weighted by Gasteiger charge is -2.16. The van der Waals surface area contributed by atoms with Gasteiger partial charge in [0.05, 0.1) is 26.8 Å². The summed E-state index contributed by atoms with van der Waals surface area (Å²) in [5.41, 5.74) is 0.917. The SMILES string of the molecule is COc1cc(C(=O)N/C(=C\c2cn(S(=O)(=O)N(C)C)c3ccccc23)C(=O)NC(C)C)cc(OC)c1OC. The second-order valence-corrected chi connectivity index (χ2v) is 10.8. The highest BCUT2D eigenvalue weighted by molar-refractivity contribution is 7.87. The molecule has 0 unspecified atom stereocenters. The van der Waals surface area contributed by atoms with E-state index in [0.29, 0.717) is 22.2 Å². The van der Waals surface area contributed by atoms with Crippen molar-refractivity contribution in [1.29, 1.82) is 0 Å². The minimum atomic E-state index is -3.85. The second-order valence-electron chi connectivity index (χ2n) is 8.74. The van der Waals surface area contributed by atoms with Gasteiger partial charge in [-0.2, -0.15) is 12.7 Å². The van der Waals surface area contributed by atoms with E-state index in [1.165, 1.54) is 59.8 Å². The summed E-state index contributed by atoms with van der Waals surface area (Å²) in [7, 11) is 3.31. The van der Waals surface area contributed by atoms with Gasteiger partial charge in [-0.25, -0.2) is 3.97 Å². The van der Waals surface area contributed by atoms with Crippen LogP contribution in [0.3, 0.4) is 0 Å². The molecule has 204 valence electrons. The van der Waals surface area contributed by atoms with Gasteiger partial charge in [-0.3, -0.25) is 9.59 Å². The topological polar surface area (TPSA) is 128 Å². The molecule has 11 nitrogen and oxygen atoms in total. The molecule has 0 fully saturated rings. The molecule has 3 rings (SSSR count). The van der Waals surface area contributed by atoms with Crippen LogP contribution in [0, 0.1) is 0 Å². The minimum Gasteiger partial charge on any atom is -0.493 e. The highest BCUT2D eigenvalue weighted by Gasteiger charge is 2.23. The first-order valence-electron chi connectivity index (χ1n) is 11.6. The van der Waals surface area contributed by atoms with Crippen LogP contribution in [0.15, 0.2) is 48.3 Å². The van der Waals surface area contributed by atoms with Gasteiger partial charge in [-0.1, -0.05) is 18.2 Å². The maximum Gasteiger partial charge on any atom is 0.307 e. The second kappa shape index (κ2) is 11.6. The Labute approximate surface area is 222 Å². The number of amides is 2. The van der Waals surface area contributed by atoms with E-state index in [1.54, 1.807) is 38.1 Å². The largest absolute Gasteiger partial charge is 0.493 e. The molecular weight excluding hydrogens is 512 g/mol. The zero-order chi connectivity index (χ0) is 28.2. The zero-order valence-electron chi connectivity index (χ0n) is 22.4. The quantitative estimate of drug-likeness (QED) is 0.376. The number of nitrogens with zero attached hydrogens (tertiary/aromatic N) is 2. The van der Waals surface area contributed by atoms with Crippen molar-refractivity contribution in [3.05, 3.63) is 59.4 Å². The molecule has 12 heteroatoms. The molecule has 2 aromatic carbocycles. The highest BCUT2D eigenvalue weighted by atomic mass is 32.2. The summed E-state index contributed by atoms with van der Waals surface area (Å²) >= 11 is 0. The van der Waals surface area contributed by atoms with Crippen molar-refractivity contribution in [3.63, 3.8) is 0 Å². The molecule has 38 heavy (non-hydrogen) atoms. The van der Waals surface area contributed by atoms with Gasteiger partial charge in [0.2, 0.25) is 5.75 Å². The summed E-state index contributed by atoms with van der Waals surface area (Å²) in [6.45, 7) is 3.57. The smallest absolute Gasteiger partial charge is 0.307 e. The van der Waals surface area contributed by atoms with Gasteiger partial charge in [-0.05, 0) is 38.1 Å². The Morgan fingerprint density at radius 3 is 2.13 bits per heavy atom. The van der Waals surface area contributed by atoms with Crippen LogP contribution in [0.5, 0.6) is 17.2 Å². The van der Waals surface area contributed by atoms with Crippen LogP contribution in [0.1, 0.15) is 29.8 Å². The highest BCUT2D eigenvalue weighted by Crippen LogP contribution is 2.38. The van der Waals surface area contributed by atoms with E-state index in [1.807, 2.05) is 0 Å². The zero-order valence-corrected chi connectivity index (χ0v) is 23.2. The fourth-order valence-electron chi connectivity index (χ4n) is 3.72. The number of aromatic nitrogens is 1. The Morgan fingerprint density at radius 2 is 1.61 bits per heavy atom. The lowest BCUT2D eigenvalue weighted by atomic mass is 10.1. The molecule has 2 amide bonds. The average Bonchev–Trinajstić information content (AvgIpc) is 3.25. The molecule has 3 aromatic rings. The number of carbonyl (C=O) groups is 2. The number of nitrogens with one attached hydrogen (secondary N) is 2. The lowest BCUT2D eigenvalue weighted by molar-refractivity contribution is -0.118. The molecule has 0 aliphatic carbocycles. The van der Waals surface area contributed by atoms with Crippen LogP contribution >= 0.6 is 0 Å². The predicted octanol–water partition coefficient (Wildman–Crippen LogP) is 2.62. The number of benzene rings is 2. The summed E-state index contributed by atoms with van der Waals surface area (Å²) in [6.07, 6.45) is 2.85. The number of ether oxygens (including phenoxy) is 3. The first-order valence-corrected chi connectivity index (χ1v) is 13.0. The number of fused-ring (bicyclic) bond motifs is 1. The van der Waals surface area contributed by atoms with Crippen LogP contribution in [-0.2, 0) is 15.0 Å². The third kappa shape index (κ3) is 5.76. The minimum absolute atomic E-state index is 0.0809. The first kappa shape index (κ1) is 28.5. The van der Waals surface area contributed by atoms with E-state index >= 15 is 0 Å². The Kier molecular flexibility index (Phi) is 8.69. The molecule has 0 bridgehead atoms. The molecule has 0 radical (unpaired) electrons. The molecule has 0 saturated heterocycles. The molecule has 1 heterocycles. The van der Waals surface area contributed by atoms with Gasteiger partial charge < -0.3 is 24.8 Å². The Bertz CT molecular complexity index is 1470. The maximum atomic E-state index is 13.3. The molecule has 1 aromatic heterocycles. The average molecular weight is 545 g/mol. The van der Waals surface area contributed by atoms with Gasteiger partial charge in [0.25, 0.3) is 11.8 Å². The van der Waals surface area contributed by atoms with Crippen LogP contribution in [0.2, 0.25) is 0 Å². The van der Waals surface area contributed by atoms with Crippen molar-refractivity contribution < 1.29 is 32.2 Å². The Balaban J connectivity index is 2.14. The van der Waals surface area contributed by atoms with Crippen LogP contribution < -0.4 is 24.8 Å². The van der Waals surface area contributed by atoms with Crippen molar-refractivity contribution in [3.8, 4) is 17.2 Å². The number of rotatable bonds is 10. The van der Waals surface area contributed by atoms with E-state index in [2.05, 4.69) is 10.6 Å². The molecule has 0 saturated carbocycles. The van der Waals surface area contributed by atoms with Crippen molar-refractivity contribution >= 4 is 39.0 Å². The van der Waals surface area contributed by atoms with Crippen molar-refractivity contribution in [1.82, 2.24) is 18.9 Å². The normalized spacial score (nSPS) is 12.1. The third-order valence-electron chi connectivity index (χ3n) is 5.56. The summed E-state index contributed by atoms with van der Waals surface area (Å²) in [5.74, 6) is -0.306. The van der Waals surface area contributed by atoms with Crippen LogP contribution in [0.25, 0.3) is 17.0 Å². The molecule has 0 aliphatic heterocycles. The van der Waals surface area contributed by atoms with Gasteiger partial charge in [0.1, 0.15) is 5.70 Å². The maximum absolute atomic E-state index is 13.3. The van der Waals surface area contributed by atoms with E-state index < -0.39 is 22.0 Å². The summed E-state index contributed by atoms with van der Waals surface area (Å²) in [4.78, 5) is 26.4. The number of methoxy groups -OCH3 is 3. The van der Waals surface area contributed by atoms with E-state index in [-0.39, 0.29) is 28.8 Å². The molecule has 2 N–H and O–H groups in total. The Hall–Kier alpha value is -4.03. The number of hydrogen-bond donors (Lipinski definition) is 2. The van der Waals surface area contributed by atoms with Crippen LogP contribution in [0.4, 0.5) is 0 Å². The van der Waals surface area contributed by atoms with E-state index in [9.17, 15) is 18.0 Å².